The monoisotopic (exact) mass is 291 g/mol. The minimum Gasteiger partial charge on any atom is -0.497 e. The summed E-state index contributed by atoms with van der Waals surface area (Å²) >= 11 is 0. The molecule has 116 valence electrons. The summed E-state index contributed by atoms with van der Waals surface area (Å²) in [7, 11) is 5.50. The molecule has 4 nitrogen and oxygen atoms in total. The Hall–Kier alpha value is -1.26. The lowest BCUT2D eigenvalue weighted by molar-refractivity contribution is -0.0884. The molecule has 2 atom stereocenters. The van der Waals surface area contributed by atoms with Crippen LogP contribution in [0.2, 0.25) is 0 Å². The second-order valence-corrected chi connectivity index (χ2v) is 6.41. The van der Waals surface area contributed by atoms with Crippen molar-refractivity contribution in [3.05, 3.63) is 23.8 Å². The van der Waals surface area contributed by atoms with Crippen LogP contribution in [0.25, 0.3) is 0 Å². The largest absolute Gasteiger partial charge is 0.497 e. The molecule has 0 aromatic heterocycles. The van der Waals surface area contributed by atoms with Gasteiger partial charge < -0.3 is 19.5 Å². The number of fused-ring (bicyclic) bond motifs is 2. The minimum absolute atomic E-state index is 0.457. The Kier molecular flexibility index (Phi) is 3.84. The predicted molar refractivity (Wildman–Crippen MR) is 81.9 cm³/mol. The van der Waals surface area contributed by atoms with Crippen molar-refractivity contribution in [1.29, 1.82) is 0 Å². The minimum atomic E-state index is -0.817. The number of nitrogens with zero attached hydrogens (tertiary/aromatic N) is 1. The van der Waals surface area contributed by atoms with Crippen molar-refractivity contribution in [2.75, 3.05) is 21.3 Å². The second kappa shape index (κ2) is 5.50. The van der Waals surface area contributed by atoms with Gasteiger partial charge in [0.1, 0.15) is 11.5 Å². The van der Waals surface area contributed by atoms with Gasteiger partial charge in [-0.15, -0.1) is 0 Å². The van der Waals surface area contributed by atoms with Crippen molar-refractivity contribution in [2.45, 2.75) is 49.8 Å². The summed E-state index contributed by atoms with van der Waals surface area (Å²) in [5.41, 5.74) is 0.0525. The molecule has 2 fully saturated rings. The maximum absolute atomic E-state index is 11.3. The van der Waals surface area contributed by atoms with Gasteiger partial charge >= 0.3 is 0 Å². The number of methoxy groups -OCH3 is 2. The average molecular weight is 291 g/mol. The first-order valence-electron chi connectivity index (χ1n) is 7.74. The number of benzene rings is 1. The quantitative estimate of drug-likeness (QED) is 0.929. The van der Waals surface area contributed by atoms with E-state index in [2.05, 4.69) is 11.9 Å². The smallest absolute Gasteiger partial charge is 0.125 e. The molecule has 1 aromatic rings. The van der Waals surface area contributed by atoms with Gasteiger partial charge in [-0.3, -0.25) is 0 Å². The van der Waals surface area contributed by atoms with Gasteiger partial charge in [-0.25, -0.2) is 0 Å². The van der Waals surface area contributed by atoms with Crippen LogP contribution in [0.1, 0.15) is 37.7 Å². The molecule has 2 aliphatic rings. The Labute approximate surface area is 126 Å². The topological polar surface area (TPSA) is 41.9 Å². The third-order valence-electron chi connectivity index (χ3n) is 5.28. The second-order valence-electron chi connectivity index (χ2n) is 6.41. The summed E-state index contributed by atoms with van der Waals surface area (Å²) in [6.45, 7) is 0. The van der Waals surface area contributed by atoms with Gasteiger partial charge in [-0.1, -0.05) is 6.42 Å². The van der Waals surface area contributed by atoms with Crippen LogP contribution < -0.4 is 9.47 Å². The fourth-order valence-electron chi connectivity index (χ4n) is 4.05. The van der Waals surface area contributed by atoms with Gasteiger partial charge in [0.2, 0.25) is 0 Å². The number of ether oxygens (including phenoxy) is 2. The third kappa shape index (κ3) is 2.51. The molecule has 0 spiro atoms. The van der Waals surface area contributed by atoms with Crippen molar-refractivity contribution < 1.29 is 14.6 Å². The number of hydrogen-bond donors (Lipinski definition) is 1. The lowest BCUT2D eigenvalue weighted by atomic mass is 9.72. The molecule has 2 unspecified atom stereocenters. The fraction of sp³-hybridized carbons (Fsp3) is 0.647. The van der Waals surface area contributed by atoms with Gasteiger partial charge in [0.25, 0.3) is 0 Å². The zero-order chi connectivity index (χ0) is 15.0. The van der Waals surface area contributed by atoms with Gasteiger partial charge in [0, 0.05) is 17.6 Å². The summed E-state index contributed by atoms with van der Waals surface area (Å²) in [4.78, 5) is 2.45. The Morgan fingerprint density at radius 2 is 1.81 bits per heavy atom. The molecule has 0 radical (unpaired) electrons. The van der Waals surface area contributed by atoms with Crippen LogP contribution in [0.5, 0.6) is 11.5 Å². The molecule has 2 aliphatic heterocycles. The Balaban J connectivity index is 1.98. The maximum Gasteiger partial charge on any atom is 0.125 e. The molecule has 21 heavy (non-hydrogen) atoms. The molecule has 4 heteroatoms. The highest BCUT2D eigenvalue weighted by Crippen LogP contribution is 2.46. The molecule has 0 amide bonds. The molecule has 0 aliphatic carbocycles. The van der Waals surface area contributed by atoms with E-state index in [1.165, 1.54) is 19.3 Å². The first kappa shape index (κ1) is 14.7. The highest BCUT2D eigenvalue weighted by atomic mass is 16.5. The fourth-order valence-corrected chi connectivity index (χ4v) is 4.05. The Bertz CT molecular complexity index is 503. The van der Waals surface area contributed by atoms with E-state index < -0.39 is 5.60 Å². The van der Waals surface area contributed by atoms with Crippen LogP contribution in [-0.4, -0.2) is 43.4 Å². The molecule has 2 heterocycles. The number of rotatable bonds is 3. The number of aliphatic hydroxyl groups is 1. The number of piperidine rings is 2. The summed E-state index contributed by atoms with van der Waals surface area (Å²) in [5, 5.41) is 11.3. The highest BCUT2D eigenvalue weighted by molar-refractivity contribution is 5.44. The van der Waals surface area contributed by atoms with E-state index in [4.69, 9.17) is 9.47 Å². The van der Waals surface area contributed by atoms with Gasteiger partial charge in [-0.05, 0) is 50.9 Å². The van der Waals surface area contributed by atoms with Crippen LogP contribution in [0.4, 0.5) is 0 Å². The van der Waals surface area contributed by atoms with E-state index in [1.807, 2.05) is 18.2 Å². The van der Waals surface area contributed by atoms with E-state index in [1.54, 1.807) is 14.2 Å². The molecule has 1 aromatic carbocycles. The van der Waals surface area contributed by atoms with E-state index in [9.17, 15) is 5.11 Å². The summed E-state index contributed by atoms with van der Waals surface area (Å²) < 4.78 is 10.8. The maximum atomic E-state index is 11.3. The van der Waals surface area contributed by atoms with Crippen molar-refractivity contribution in [3.8, 4) is 11.5 Å². The predicted octanol–water partition coefficient (Wildman–Crippen LogP) is 2.54. The Morgan fingerprint density at radius 3 is 2.38 bits per heavy atom. The first-order valence-corrected chi connectivity index (χ1v) is 7.74. The first-order chi connectivity index (χ1) is 10.1. The van der Waals surface area contributed by atoms with E-state index in [0.717, 1.165) is 29.9 Å². The summed E-state index contributed by atoms with van der Waals surface area (Å²) in [6.07, 6.45) is 5.14. The van der Waals surface area contributed by atoms with Crippen molar-refractivity contribution >= 4 is 0 Å². The van der Waals surface area contributed by atoms with Crippen LogP contribution in [0, 0.1) is 0 Å². The van der Waals surface area contributed by atoms with E-state index in [0.29, 0.717) is 12.1 Å². The average Bonchev–Trinajstić information content (AvgIpc) is 2.48. The number of hydrogen-bond acceptors (Lipinski definition) is 4. The summed E-state index contributed by atoms with van der Waals surface area (Å²) in [6, 6.07) is 6.61. The SMILES string of the molecule is COc1ccc(OC)c(C2(O)CC3CCCC(C2)N3C)c1. The third-order valence-corrected chi connectivity index (χ3v) is 5.28. The van der Waals surface area contributed by atoms with Gasteiger partial charge in [-0.2, -0.15) is 0 Å². The summed E-state index contributed by atoms with van der Waals surface area (Å²) in [5.74, 6) is 1.52. The lowest BCUT2D eigenvalue weighted by Crippen LogP contribution is -2.55. The molecule has 2 bridgehead atoms. The molecule has 3 rings (SSSR count). The van der Waals surface area contributed by atoms with Crippen molar-refractivity contribution in [2.24, 2.45) is 0 Å². The molecule has 0 saturated carbocycles. The standard InChI is InChI=1S/C17H25NO3/c1-18-12-5-4-6-13(18)11-17(19,10-12)15-9-14(20-2)7-8-16(15)21-3/h7-9,12-13,19H,4-6,10-11H2,1-3H3. The molecule has 1 N–H and O–H groups in total. The van der Waals surface area contributed by atoms with Gasteiger partial charge in [0.15, 0.2) is 0 Å². The van der Waals surface area contributed by atoms with Crippen molar-refractivity contribution in [1.82, 2.24) is 4.90 Å². The van der Waals surface area contributed by atoms with E-state index in [-0.39, 0.29) is 0 Å². The van der Waals surface area contributed by atoms with E-state index >= 15 is 0 Å². The Morgan fingerprint density at radius 1 is 1.14 bits per heavy atom. The van der Waals surface area contributed by atoms with Crippen LogP contribution in [0.3, 0.4) is 0 Å². The van der Waals surface area contributed by atoms with Crippen LogP contribution in [0.15, 0.2) is 18.2 Å². The lowest BCUT2D eigenvalue weighted by Gasteiger charge is -2.51. The molecule has 2 saturated heterocycles. The van der Waals surface area contributed by atoms with Crippen LogP contribution >= 0.6 is 0 Å². The zero-order valence-electron chi connectivity index (χ0n) is 13.1. The van der Waals surface area contributed by atoms with Crippen molar-refractivity contribution in [3.63, 3.8) is 0 Å². The highest BCUT2D eigenvalue weighted by Gasteiger charge is 2.46. The molecular formula is C17H25NO3. The van der Waals surface area contributed by atoms with Crippen LogP contribution in [-0.2, 0) is 5.60 Å². The normalized spacial score (nSPS) is 32.8. The van der Waals surface area contributed by atoms with Gasteiger partial charge in [0.05, 0.1) is 19.8 Å². The zero-order valence-corrected chi connectivity index (χ0v) is 13.1. The molecular weight excluding hydrogens is 266 g/mol.